The first kappa shape index (κ1) is 20.1. The van der Waals surface area contributed by atoms with Crippen LogP contribution in [0, 0.1) is 5.82 Å². The zero-order valence-electron chi connectivity index (χ0n) is 15.7. The number of nitrogens with one attached hydrogen (secondary N) is 1. The van der Waals surface area contributed by atoms with Crippen LogP contribution in [0.1, 0.15) is 39.3 Å². The van der Waals surface area contributed by atoms with Crippen molar-refractivity contribution in [3.63, 3.8) is 0 Å². The Bertz CT molecular complexity index is 1150. The molecule has 1 unspecified atom stereocenters. The van der Waals surface area contributed by atoms with Gasteiger partial charge in [-0.3, -0.25) is 19.2 Å². The molecule has 0 bridgehead atoms. The van der Waals surface area contributed by atoms with Crippen LogP contribution < -0.4 is 10.7 Å². The minimum Gasteiger partial charge on any atom is -0.503 e. The molecule has 0 aliphatic carbocycles. The average Bonchev–Trinajstić information content (AvgIpc) is 2.72. The number of pyridine rings is 1. The van der Waals surface area contributed by atoms with Crippen LogP contribution in [0.4, 0.5) is 4.39 Å². The molecule has 1 fully saturated rings. The lowest BCUT2D eigenvalue weighted by Gasteiger charge is -2.39. The third-order valence-electron chi connectivity index (χ3n) is 5.37. The smallest absolute Gasteiger partial charge is 0.275 e. The van der Waals surface area contributed by atoms with Gasteiger partial charge in [-0.1, -0.05) is 23.7 Å². The molecule has 2 aromatic rings. The molecule has 1 atom stereocenters. The molecule has 1 aromatic carbocycles. The predicted octanol–water partition coefficient (Wildman–Crippen LogP) is 1.46. The molecule has 30 heavy (non-hydrogen) atoms. The number of halogens is 2. The molecule has 0 saturated carbocycles. The first-order valence-corrected chi connectivity index (χ1v) is 9.68. The fourth-order valence-corrected chi connectivity index (χ4v) is 4.02. The number of carbonyl (C=O) groups excluding carboxylic acids is 3. The summed E-state index contributed by atoms with van der Waals surface area (Å²) in [7, 11) is 0. The summed E-state index contributed by atoms with van der Waals surface area (Å²) in [4.78, 5) is 51.4. The van der Waals surface area contributed by atoms with Crippen LogP contribution in [0.15, 0.2) is 29.2 Å². The topological polar surface area (TPSA) is 109 Å². The van der Waals surface area contributed by atoms with Gasteiger partial charge in [0.25, 0.3) is 11.8 Å². The molecule has 2 aliphatic rings. The average molecular weight is 434 g/mol. The van der Waals surface area contributed by atoms with Gasteiger partial charge < -0.3 is 19.9 Å². The number of nitrogens with zero attached hydrogens (tertiary/aromatic N) is 2. The van der Waals surface area contributed by atoms with Crippen molar-refractivity contribution in [2.45, 2.75) is 32.0 Å². The van der Waals surface area contributed by atoms with Gasteiger partial charge in [0.15, 0.2) is 17.2 Å². The van der Waals surface area contributed by atoms with Crippen molar-refractivity contribution in [2.75, 3.05) is 6.54 Å². The van der Waals surface area contributed by atoms with E-state index in [4.69, 9.17) is 11.6 Å². The Morgan fingerprint density at radius 3 is 2.83 bits per heavy atom. The van der Waals surface area contributed by atoms with Crippen molar-refractivity contribution < 1.29 is 23.9 Å². The van der Waals surface area contributed by atoms with Gasteiger partial charge in [0, 0.05) is 31.3 Å². The zero-order chi connectivity index (χ0) is 21.6. The molecule has 10 heteroatoms. The molecule has 2 N–H and O–H groups in total. The lowest BCUT2D eigenvalue weighted by molar-refractivity contribution is -0.126. The molecule has 0 radical (unpaired) electrons. The van der Waals surface area contributed by atoms with Crippen molar-refractivity contribution in [1.29, 1.82) is 0 Å². The van der Waals surface area contributed by atoms with E-state index in [-0.39, 0.29) is 35.2 Å². The third-order valence-corrected chi connectivity index (χ3v) is 5.67. The first-order valence-electron chi connectivity index (χ1n) is 9.30. The molecular formula is C20H17ClFN3O5. The molecule has 156 valence electrons. The number of hydrogen-bond acceptors (Lipinski definition) is 5. The first-order chi connectivity index (χ1) is 14.3. The Labute approximate surface area is 174 Å². The van der Waals surface area contributed by atoms with Crippen molar-refractivity contribution in [1.82, 2.24) is 14.8 Å². The number of rotatable bonds is 3. The molecule has 1 aromatic heterocycles. The normalized spacial score (nSPS) is 18.1. The second-order valence-electron chi connectivity index (χ2n) is 7.20. The summed E-state index contributed by atoms with van der Waals surface area (Å²) in [6.07, 6.45) is 2.01. The van der Waals surface area contributed by atoms with Crippen LogP contribution in [0.25, 0.3) is 0 Å². The number of carbonyl (C=O) groups is 3. The van der Waals surface area contributed by atoms with Gasteiger partial charge >= 0.3 is 0 Å². The van der Waals surface area contributed by atoms with Crippen LogP contribution in [-0.4, -0.2) is 44.8 Å². The van der Waals surface area contributed by atoms with E-state index in [0.29, 0.717) is 19.4 Å². The fourth-order valence-electron chi connectivity index (χ4n) is 3.82. The Balaban J connectivity index is 1.65. The summed E-state index contributed by atoms with van der Waals surface area (Å²) < 4.78 is 15.3. The van der Waals surface area contributed by atoms with Gasteiger partial charge in [0.05, 0.1) is 11.6 Å². The highest BCUT2D eigenvalue weighted by Crippen LogP contribution is 2.27. The van der Waals surface area contributed by atoms with Gasteiger partial charge in [-0.2, -0.15) is 0 Å². The Hall–Kier alpha value is -3.20. The van der Waals surface area contributed by atoms with Gasteiger partial charge in [-0.05, 0) is 12.5 Å². The number of amides is 2. The summed E-state index contributed by atoms with van der Waals surface area (Å²) >= 11 is 5.72. The summed E-state index contributed by atoms with van der Waals surface area (Å²) in [5, 5.41) is 12.6. The second kappa shape index (κ2) is 7.56. The van der Waals surface area contributed by atoms with Gasteiger partial charge in [0.2, 0.25) is 5.43 Å². The number of aromatic hydroxyl groups is 1. The molecule has 2 amide bonds. The summed E-state index contributed by atoms with van der Waals surface area (Å²) in [6.45, 7) is 0.161. The number of hydrogen-bond donors (Lipinski definition) is 2. The molecule has 4 rings (SSSR count). The highest BCUT2D eigenvalue weighted by Gasteiger charge is 2.40. The maximum Gasteiger partial charge on any atom is 0.275 e. The minimum absolute atomic E-state index is 0.0386. The lowest BCUT2D eigenvalue weighted by Crippen LogP contribution is -2.55. The third kappa shape index (κ3) is 3.24. The van der Waals surface area contributed by atoms with E-state index in [1.165, 1.54) is 27.7 Å². The highest BCUT2D eigenvalue weighted by molar-refractivity contribution is 6.30. The van der Waals surface area contributed by atoms with Crippen molar-refractivity contribution in [3.8, 4) is 5.75 Å². The number of Topliss-reactive ketones (excluding diaryl/α,β-unsaturated/α-hetero) is 1. The highest BCUT2D eigenvalue weighted by atomic mass is 35.5. The van der Waals surface area contributed by atoms with E-state index in [1.807, 2.05) is 0 Å². The van der Waals surface area contributed by atoms with E-state index in [2.05, 4.69) is 5.32 Å². The Kier molecular flexibility index (Phi) is 5.07. The second-order valence-corrected chi connectivity index (χ2v) is 7.61. The lowest BCUT2D eigenvalue weighted by atomic mass is 9.97. The molecule has 3 heterocycles. The molecule has 0 spiro atoms. The number of piperidine rings is 1. The number of fused-ring (bicyclic) bond motifs is 2. The maximum atomic E-state index is 14.0. The fraction of sp³-hybridized carbons (Fsp3) is 0.300. The van der Waals surface area contributed by atoms with E-state index in [0.717, 1.165) is 6.20 Å². The van der Waals surface area contributed by atoms with Gasteiger partial charge in [-0.25, -0.2) is 4.39 Å². The molecule has 8 nitrogen and oxygen atoms in total. The Morgan fingerprint density at radius 1 is 1.30 bits per heavy atom. The predicted molar refractivity (Wildman–Crippen MR) is 104 cm³/mol. The molecule has 2 aliphatic heterocycles. The van der Waals surface area contributed by atoms with Crippen LogP contribution >= 0.6 is 11.6 Å². The standard InChI is InChI=1S/C20H17ClFN3O5/c21-12-4-1-3-10(15(12)22)7-23-19(29)11-8-24-9-13-14(26)5-2-6-25(13)20(30)16(24)18(28)17(11)27/h1,3-4,8,13,28H,2,5-7,9H2,(H,23,29). The maximum absolute atomic E-state index is 14.0. The Morgan fingerprint density at radius 2 is 2.07 bits per heavy atom. The van der Waals surface area contributed by atoms with Crippen molar-refractivity contribution in [3.05, 3.63) is 62.3 Å². The minimum atomic E-state index is -1.01. The monoisotopic (exact) mass is 433 g/mol. The SMILES string of the molecule is O=C(NCc1cccc(Cl)c1F)c1cn2c(c(O)c1=O)C(=O)N1CCCC(=O)C1C2. The summed E-state index contributed by atoms with van der Waals surface area (Å²) in [6, 6.07) is 3.62. The van der Waals surface area contributed by atoms with Crippen molar-refractivity contribution in [2.24, 2.45) is 0 Å². The molecule has 1 saturated heterocycles. The largest absolute Gasteiger partial charge is 0.503 e. The van der Waals surface area contributed by atoms with E-state index in [1.54, 1.807) is 0 Å². The van der Waals surface area contributed by atoms with Crippen LogP contribution in [-0.2, 0) is 17.9 Å². The number of benzene rings is 1. The summed E-state index contributed by atoms with van der Waals surface area (Å²) in [5.41, 5.74) is -1.55. The van der Waals surface area contributed by atoms with Gasteiger partial charge in [-0.15, -0.1) is 0 Å². The quantitative estimate of drug-likeness (QED) is 0.761. The number of ketones is 1. The van der Waals surface area contributed by atoms with Crippen molar-refractivity contribution >= 4 is 29.2 Å². The van der Waals surface area contributed by atoms with E-state index in [9.17, 15) is 28.7 Å². The van der Waals surface area contributed by atoms with Gasteiger partial charge in [0.1, 0.15) is 17.4 Å². The molecular weight excluding hydrogens is 417 g/mol. The summed E-state index contributed by atoms with van der Waals surface area (Å²) in [5.74, 6) is -3.12. The van der Waals surface area contributed by atoms with E-state index >= 15 is 0 Å². The van der Waals surface area contributed by atoms with Crippen LogP contribution in [0.5, 0.6) is 5.75 Å². The van der Waals surface area contributed by atoms with E-state index < -0.39 is 40.4 Å². The number of aromatic nitrogens is 1. The van der Waals surface area contributed by atoms with Crippen LogP contribution in [0.3, 0.4) is 0 Å². The van der Waals surface area contributed by atoms with Crippen LogP contribution in [0.2, 0.25) is 5.02 Å². The zero-order valence-corrected chi connectivity index (χ0v) is 16.4.